The van der Waals surface area contributed by atoms with Crippen LogP contribution in [-0.2, 0) is 11.2 Å². The second-order valence-corrected chi connectivity index (χ2v) is 5.48. The van der Waals surface area contributed by atoms with Crippen molar-refractivity contribution in [2.75, 3.05) is 19.7 Å². The third kappa shape index (κ3) is 4.46. The minimum atomic E-state index is 0.126. The molecular weight excluding hydrogens is 264 g/mol. The molecule has 1 unspecified atom stereocenters. The van der Waals surface area contributed by atoms with Crippen molar-refractivity contribution in [2.45, 2.75) is 45.6 Å². The second kappa shape index (κ2) is 8.03. The Balaban J connectivity index is 1.84. The highest BCUT2D eigenvalue weighted by Gasteiger charge is 2.15. The molecule has 0 fully saturated rings. The van der Waals surface area contributed by atoms with Crippen LogP contribution in [0, 0.1) is 0 Å². The number of nitrogens with one attached hydrogen (secondary N) is 2. The number of rotatable bonds is 8. The number of ether oxygens (including phenoxy) is 1. The molecule has 2 N–H and O–H groups in total. The molecule has 1 heterocycles. The van der Waals surface area contributed by atoms with Crippen LogP contribution >= 0.6 is 0 Å². The minimum Gasteiger partial charge on any atom is -0.493 e. The summed E-state index contributed by atoms with van der Waals surface area (Å²) in [7, 11) is 0. The fraction of sp³-hybridized carbons (Fsp3) is 0.588. The van der Waals surface area contributed by atoms with Gasteiger partial charge in [0.15, 0.2) is 0 Å². The topological polar surface area (TPSA) is 50.4 Å². The van der Waals surface area contributed by atoms with E-state index in [-0.39, 0.29) is 5.91 Å². The van der Waals surface area contributed by atoms with Crippen LogP contribution in [0.3, 0.4) is 0 Å². The van der Waals surface area contributed by atoms with E-state index in [0.29, 0.717) is 19.0 Å². The lowest BCUT2D eigenvalue weighted by atomic mass is 10.0. The quantitative estimate of drug-likeness (QED) is 0.773. The molecule has 1 aliphatic heterocycles. The zero-order valence-corrected chi connectivity index (χ0v) is 13.1. The first-order valence-electron chi connectivity index (χ1n) is 8.00. The summed E-state index contributed by atoms with van der Waals surface area (Å²) in [6.07, 6.45) is 3.52. The van der Waals surface area contributed by atoms with Crippen molar-refractivity contribution in [3.8, 4) is 5.75 Å². The number of amides is 1. The maximum Gasteiger partial charge on any atom is 0.221 e. The van der Waals surface area contributed by atoms with Gasteiger partial charge in [0.1, 0.15) is 5.75 Å². The zero-order chi connectivity index (χ0) is 15.1. The van der Waals surface area contributed by atoms with Crippen LogP contribution in [0.2, 0.25) is 0 Å². The van der Waals surface area contributed by atoms with Crippen LogP contribution in [0.1, 0.15) is 50.3 Å². The van der Waals surface area contributed by atoms with Crippen LogP contribution in [0.25, 0.3) is 0 Å². The lowest BCUT2D eigenvalue weighted by Crippen LogP contribution is -2.29. The Hall–Kier alpha value is -1.55. The van der Waals surface area contributed by atoms with Crippen molar-refractivity contribution in [3.63, 3.8) is 0 Å². The smallest absolute Gasteiger partial charge is 0.221 e. The molecule has 1 aliphatic rings. The van der Waals surface area contributed by atoms with Crippen LogP contribution in [0.5, 0.6) is 5.75 Å². The summed E-state index contributed by atoms with van der Waals surface area (Å²) >= 11 is 0. The molecule has 21 heavy (non-hydrogen) atoms. The molecule has 0 radical (unpaired) electrons. The molecule has 0 spiro atoms. The molecule has 0 saturated heterocycles. The lowest BCUT2D eigenvalue weighted by Gasteiger charge is -2.18. The summed E-state index contributed by atoms with van der Waals surface area (Å²) in [4.78, 5) is 11.6. The number of fused-ring (bicyclic) bond motifs is 1. The maximum atomic E-state index is 11.6. The van der Waals surface area contributed by atoms with E-state index in [1.54, 1.807) is 0 Å². The standard InChI is InChI=1S/C17H26N2O2/c1-3-9-19-17(20)7-10-18-15(4-2)13-5-6-16-14(12-13)8-11-21-16/h5-6,12,15,18H,3-4,7-11H2,1-2H3,(H,19,20). The molecule has 1 amide bonds. The molecule has 0 aromatic heterocycles. The van der Waals surface area contributed by atoms with Gasteiger partial charge in [0.2, 0.25) is 5.91 Å². The molecule has 2 rings (SSSR count). The summed E-state index contributed by atoms with van der Waals surface area (Å²) in [6, 6.07) is 6.73. The molecule has 0 aliphatic carbocycles. The number of carbonyl (C=O) groups excluding carboxylic acids is 1. The molecule has 116 valence electrons. The van der Waals surface area contributed by atoms with Crippen molar-refractivity contribution in [2.24, 2.45) is 0 Å². The summed E-state index contributed by atoms with van der Waals surface area (Å²) < 4.78 is 5.54. The first-order chi connectivity index (χ1) is 10.2. The molecular formula is C17H26N2O2. The molecule has 4 heteroatoms. The van der Waals surface area contributed by atoms with Crippen molar-refractivity contribution in [1.29, 1.82) is 0 Å². The van der Waals surface area contributed by atoms with E-state index >= 15 is 0 Å². The Labute approximate surface area is 127 Å². The predicted octanol–water partition coefficient (Wildman–Crippen LogP) is 2.58. The van der Waals surface area contributed by atoms with Crippen LogP contribution in [-0.4, -0.2) is 25.6 Å². The molecule has 0 bridgehead atoms. The molecule has 4 nitrogen and oxygen atoms in total. The fourth-order valence-electron chi connectivity index (χ4n) is 2.63. The lowest BCUT2D eigenvalue weighted by molar-refractivity contribution is -0.121. The predicted molar refractivity (Wildman–Crippen MR) is 84.6 cm³/mol. The summed E-state index contributed by atoms with van der Waals surface area (Å²) in [5, 5.41) is 6.38. The van der Waals surface area contributed by atoms with Crippen LogP contribution in [0.15, 0.2) is 18.2 Å². The van der Waals surface area contributed by atoms with E-state index < -0.39 is 0 Å². The van der Waals surface area contributed by atoms with E-state index in [0.717, 1.165) is 38.2 Å². The van der Waals surface area contributed by atoms with Gasteiger partial charge in [0.25, 0.3) is 0 Å². The van der Waals surface area contributed by atoms with Gasteiger partial charge in [0.05, 0.1) is 6.61 Å². The molecule has 1 atom stereocenters. The van der Waals surface area contributed by atoms with Crippen molar-refractivity contribution in [3.05, 3.63) is 29.3 Å². The number of hydrogen-bond donors (Lipinski definition) is 2. The SMILES string of the molecule is CCCNC(=O)CCNC(CC)c1ccc2c(c1)CCO2. The van der Waals surface area contributed by atoms with Gasteiger partial charge in [-0.15, -0.1) is 0 Å². The van der Waals surface area contributed by atoms with E-state index in [1.807, 2.05) is 0 Å². The van der Waals surface area contributed by atoms with Crippen LogP contribution in [0.4, 0.5) is 0 Å². The van der Waals surface area contributed by atoms with Crippen LogP contribution < -0.4 is 15.4 Å². The average Bonchev–Trinajstić information content (AvgIpc) is 2.97. The highest BCUT2D eigenvalue weighted by molar-refractivity contribution is 5.75. The Morgan fingerprint density at radius 1 is 1.33 bits per heavy atom. The van der Waals surface area contributed by atoms with Crippen molar-refractivity contribution < 1.29 is 9.53 Å². The van der Waals surface area contributed by atoms with Crippen molar-refractivity contribution in [1.82, 2.24) is 10.6 Å². The highest BCUT2D eigenvalue weighted by atomic mass is 16.5. The summed E-state index contributed by atoms with van der Waals surface area (Å²) in [5.41, 5.74) is 2.59. The zero-order valence-electron chi connectivity index (χ0n) is 13.1. The maximum absolute atomic E-state index is 11.6. The van der Waals surface area contributed by atoms with Gasteiger partial charge in [-0.05, 0) is 30.0 Å². The first-order valence-corrected chi connectivity index (χ1v) is 8.00. The van der Waals surface area contributed by atoms with Gasteiger partial charge in [-0.2, -0.15) is 0 Å². The normalized spacial score (nSPS) is 14.4. The van der Waals surface area contributed by atoms with Crippen molar-refractivity contribution >= 4 is 5.91 Å². The molecule has 0 saturated carbocycles. The number of hydrogen-bond acceptors (Lipinski definition) is 3. The molecule has 1 aromatic rings. The average molecular weight is 290 g/mol. The second-order valence-electron chi connectivity index (χ2n) is 5.48. The van der Waals surface area contributed by atoms with E-state index in [2.05, 4.69) is 42.7 Å². The van der Waals surface area contributed by atoms with Gasteiger partial charge >= 0.3 is 0 Å². The largest absolute Gasteiger partial charge is 0.493 e. The Morgan fingerprint density at radius 3 is 2.95 bits per heavy atom. The van der Waals surface area contributed by atoms with Gasteiger partial charge in [-0.25, -0.2) is 0 Å². The third-order valence-electron chi connectivity index (χ3n) is 3.84. The van der Waals surface area contributed by atoms with E-state index in [9.17, 15) is 4.79 Å². The first kappa shape index (κ1) is 15.8. The highest BCUT2D eigenvalue weighted by Crippen LogP contribution is 2.29. The minimum absolute atomic E-state index is 0.126. The number of benzene rings is 1. The summed E-state index contributed by atoms with van der Waals surface area (Å²) in [6.45, 7) is 6.49. The Kier molecular flexibility index (Phi) is 6.05. The monoisotopic (exact) mass is 290 g/mol. The van der Waals surface area contributed by atoms with Gasteiger partial charge in [-0.3, -0.25) is 4.79 Å². The fourth-order valence-corrected chi connectivity index (χ4v) is 2.63. The van der Waals surface area contributed by atoms with Gasteiger partial charge in [-0.1, -0.05) is 26.0 Å². The van der Waals surface area contributed by atoms with Gasteiger partial charge < -0.3 is 15.4 Å². The van der Waals surface area contributed by atoms with E-state index in [4.69, 9.17) is 4.74 Å². The Morgan fingerprint density at radius 2 is 2.19 bits per heavy atom. The summed E-state index contributed by atoms with van der Waals surface area (Å²) in [5.74, 6) is 1.15. The third-order valence-corrected chi connectivity index (χ3v) is 3.84. The number of carbonyl (C=O) groups is 1. The molecule has 1 aromatic carbocycles. The van der Waals surface area contributed by atoms with E-state index in [1.165, 1.54) is 11.1 Å². The van der Waals surface area contributed by atoms with Gasteiger partial charge in [0, 0.05) is 32.0 Å². The Bertz CT molecular complexity index is 474.